The van der Waals surface area contributed by atoms with Gasteiger partial charge in [-0.25, -0.2) is 9.97 Å². The van der Waals surface area contributed by atoms with Crippen LogP contribution in [0.4, 0.5) is 11.6 Å². The molecule has 0 atom stereocenters. The number of rotatable bonds is 8. The lowest BCUT2D eigenvalue weighted by atomic mass is 10.2. The lowest BCUT2D eigenvalue weighted by Crippen LogP contribution is -2.07. The van der Waals surface area contributed by atoms with Gasteiger partial charge in [-0.3, -0.25) is 0 Å². The molecule has 0 saturated heterocycles. The summed E-state index contributed by atoms with van der Waals surface area (Å²) in [6.45, 7) is 6.12. The minimum absolute atomic E-state index is 0.807. The molecule has 0 aromatic carbocycles. The van der Waals surface area contributed by atoms with Crippen LogP contribution in [0, 0.1) is 0 Å². The highest BCUT2D eigenvalue weighted by atomic mass is 32.2. The summed E-state index contributed by atoms with van der Waals surface area (Å²) in [6.07, 6.45) is 5.68. The van der Waals surface area contributed by atoms with Crippen LogP contribution in [0.15, 0.2) is 11.2 Å². The van der Waals surface area contributed by atoms with Crippen LogP contribution in [0.3, 0.4) is 0 Å². The van der Waals surface area contributed by atoms with E-state index in [-0.39, 0.29) is 0 Å². The van der Waals surface area contributed by atoms with Gasteiger partial charge in [0.15, 0.2) is 5.16 Å². The van der Waals surface area contributed by atoms with Crippen molar-refractivity contribution in [3.8, 4) is 0 Å². The van der Waals surface area contributed by atoms with Gasteiger partial charge in [0, 0.05) is 19.2 Å². The van der Waals surface area contributed by atoms with Crippen LogP contribution in [0.2, 0.25) is 0 Å². The molecule has 5 heteroatoms. The van der Waals surface area contributed by atoms with Gasteiger partial charge >= 0.3 is 0 Å². The molecule has 0 amide bonds. The summed E-state index contributed by atoms with van der Waals surface area (Å²) < 4.78 is 0. The summed E-state index contributed by atoms with van der Waals surface area (Å²) >= 11 is 1.56. The Morgan fingerprint density at radius 3 is 2.41 bits per heavy atom. The zero-order valence-electron chi connectivity index (χ0n) is 10.9. The van der Waals surface area contributed by atoms with E-state index in [1.807, 2.05) is 12.3 Å². The topological polar surface area (TPSA) is 49.8 Å². The Kier molecular flexibility index (Phi) is 6.77. The number of anilines is 2. The summed E-state index contributed by atoms with van der Waals surface area (Å²) in [4.78, 5) is 8.82. The zero-order valence-corrected chi connectivity index (χ0v) is 11.7. The van der Waals surface area contributed by atoms with Gasteiger partial charge < -0.3 is 10.6 Å². The molecule has 0 fully saturated rings. The normalized spacial score (nSPS) is 10.3. The molecule has 0 aliphatic rings. The van der Waals surface area contributed by atoms with Crippen molar-refractivity contribution in [1.82, 2.24) is 9.97 Å². The van der Waals surface area contributed by atoms with Gasteiger partial charge in [0.2, 0.25) is 0 Å². The van der Waals surface area contributed by atoms with Crippen molar-refractivity contribution in [2.24, 2.45) is 0 Å². The average molecular weight is 254 g/mol. The van der Waals surface area contributed by atoms with E-state index in [4.69, 9.17) is 0 Å². The number of hydrogen-bond donors (Lipinski definition) is 2. The predicted octanol–water partition coefficient (Wildman–Crippen LogP) is 3.23. The van der Waals surface area contributed by atoms with E-state index in [2.05, 4.69) is 34.4 Å². The Bertz CT molecular complexity index is 330. The summed E-state index contributed by atoms with van der Waals surface area (Å²) in [5.41, 5.74) is 0. The molecule has 0 spiro atoms. The first-order valence-corrected chi connectivity index (χ1v) is 7.43. The van der Waals surface area contributed by atoms with Crippen LogP contribution < -0.4 is 10.6 Å². The number of hydrogen-bond acceptors (Lipinski definition) is 5. The Morgan fingerprint density at radius 2 is 1.82 bits per heavy atom. The highest BCUT2D eigenvalue weighted by Crippen LogP contribution is 2.17. The first kappa shape index (κ1) is 14.1. The second kappa shape index (κ2) is 8.17. The maximum atomic E-state index is 4.43. The molecule has 2 N–H and O–H groups in total. The summed E-state index contributed by atoms with van der Waals surface area (Å²) in [7, 11) is 0. The molecule has 4 nitrogen and oxygen atoms in total. The maximum Gasteiger partial charge on any atom is 0.191 e. The second-order valence-corrected chi connectivity index (χ2v) is 4.56. The van der Waals surface area contributed by atoms with Gasteiger partial charge in [-0.2, -0.15) is 0 Å². The first-order chi connectivity index (χ1) is 8.30. The van der Waals surface area contributed by atoms with Gasteiger partial charge in [-0.15, -0.1) is 0 Å². The average Bonchev–Trinajstić information content (AvgIpc) is 2.35. The number of aromatic nitrogens is 2. The fraction of sp³-hybridized carbons (Fsp3) is 0.667. The molecule has 1 heterocycles. The molecular weight excluding hydrogens is 232 g/mol. The molecule has 0 saturated carbocycles. The Hall–Kier alpha value is -0.970. The molecule has 1 aromatic heterocycles. The summed E-state index contributed by atoms with van der Waals surface area (Å²) in [5.74, 6) is 1.81. The molecule has 0 aliphatic carbocycles. The largest absolute Gasteiger partial charge is 0.370 e. The third-order valence-electron chi connectivity index (χ3n) is 2.33. The molecular formula is C12H22N4S. The monoisotopic (exact) mass is 254 g/mol. The van der Waals surface area contributed by atoms with Crippen molar-refractivity contribution in [2.75, 3.05) is 30.0 Å². The van der Waals surface area contributed by atoms with Crippen molar-refractivity contribution in [3.63, 3.8) is 0 Å². The number of thioether (sulfide) groups is 1. The standard InChI is InChI=1S/C12H22N4S/c1-4-6-7-8-14-11-9-10(13-5-2)15-12(16-11)17-3/h9H,4-8H2,1-3H3,(H2,13,14,15,16). The SMILES string of the molecule is CCCCCNc1cc(NCC)nc(SC)n1. The van der Waals surface area contributed by atoms with E-state index in [1.54, 1.807) is 11.8 Å². The van der Waals surface area contributed by atoms with E-state index in [9.17, 15) is 0 Å². The number of nitrogens with one attached hydrogen (secondary N) is 2. The maximum absolute atomic E-state index is 4.43. The molecule has 96 valence electrons. The first-order valence-electron chi connectivity index (χ1n) is 6.21. The van der Waals surface area contributed by atoms with Crippen molar-refractivity contribution in [2.45, 2.75) is 38.3 Å². The highest BCUT2D eigenvalue weighted by molar-refractivity contribution is 7.98. The summed E-state index contributed by atoms with van der Waals surface area (Å²) in [5, 5.41) is 7.38. The minimum Gasteiger partial charge on any atom is -0.370 e. The van der Waals surface area contributed by atoms with Crippen molar-refractivity contribution < 1.29 is 0 Å². The van der Waals surface area contributed by atoms with E-state index in [0.717, 1.165) is 29.9 Å². The molecule has 0 radical (unpaired) electrons. The van der Waals surface area contributed by atoms with Crippen LogP contribution in [-0.2, 0) is 0 Å². The Labute approximate surface area is 108 Å². The van der Waals surface area contributed by atoms with Crippen molar-refractivity contribution in [1.29, 1.82) is 0 Å². The van der Waals surface area contributed by atoms with Crippen LogP contribution in [0.25, 0.3) is 0 Å². The van der Waals surface area contributed by atoms with Crippen LogP contribution in [0.5, 0.6) is 0 Å². The quantitative estimate of drug-likeness (QED) is 0.424. The van der Waals surface area contributed by atoms with E-state index >= 15 is 0 Å². The van der Waals surface area contributed by atoms with Gasteiger partial charge in [0.25, 0.3) is 0 Å². The molecule has 0 aliphatic heterocycles. The van der Waals surface area contributed by atoms with Gasteiger partial charge in [0.05, 0.1) is 0 Å². The van der Waals surface area contributed by atoms with Crippen LogP contribution in [-0.4, -0.2) is 29.3 Å². The fourth-order valence-corrected chi connectivity index (χ4v) is 1.85. The van der Waals surface area contributed by atoms with Gasteiger partial charge in [0.1, 0.15) is 11.6 Å². The highest BCUT2D eigenvalue weighted by Gasteiger charge is 2.02. The summed E-state index contributed by atoms with van der Waals surface area (Å²) in [6, 6.07) is 1.97. The van der Waals surface area contributed by atoms with E-state index in [1.165, 1.54) is 19.3 Å². The number of unbranched alkanes of at least 4 members (excludes halogenated alkanes) is 2. The fourth-order valence-electron chi connectivity index (χ4n) is 1.47. The second-order valence-electron chi connectivity index (χ2n) is 3.79. The molecule has 1 aromatic rings. The van der Waals surface area contributed by atoms with Gasteiger partial charge in [-0.05, 0) is 19.6 Å². The smallest absolute Gasteiger partial charge is 0.191 e. The lowest BCUT2D eigenvalue weighted by Gasteiger charge is -2.09. The Balaban J connectivity index is 2.59. The third kappa shape index (κ3) is 5.26. The molecule has 17 heavy (non-hydrogen) atoms. The van der Waals surface area contributed by atoms with Crippen molar-refractivity contribution >= 4 is 23.4 Å². The minimum atomic E-state index is 0.807. The lowest BCUT2D eigenvalue weighted by molar-refractivity contribution is 0.741. The molecule has 0 unspecified atom stereocenters. The van der Waals surface area contributed by atoms with Crippen molar-refractivity contribution in [3.05, 3.63) is 6.07 Å². The number of nitrogens with zero attached hydrogens (tertiary/aromatic N) is 2. The molecule has 1 rings (SSSR count). The van der Waals surface area contributed by atoms with Crippen LogP contribution in [0.1, 0.15) is 33.1 Å². The Morgan fingerprint density at radius 1 is 1.12 bits per heavy atom. The zero-order chi connectivity index (χ0) is 12.5. The van der Waals surface area contributed by atoms with Gasteiger partial charge in [-0.1, -0.05) is 31.5 Å². The van der Waals surface area contributed by atoms with Crippen LogP contribution >= 0.6 is 11.8 Å². The van der Waals surface area contributed by atoms with E-state index < -0.39 is 0 Å². The molecule has 0 bridgehead atoms. The predicted molar refractivity (Wildman–Crippen MR) is 76.0 cm³/mol. The van der Waals surface area contributed by atoms with E-state index in [0.29, 0.717) is 0 Å². The third-order valence-corrected chi connectivity index (χ3v) is 2.88.